The molecule has 0 fully saturated rings. The van der Waals surface area contributed by atoms with Crippen molar-refractivity contribution in [3.8, 4) is 11.5 Å². The smallest absolute Gasteiger partial charge is 0.161 e. The van der Waals surface area contributed by atoms with Gasteiger partial charge in [0.25, 0.3) is 0 Å². The van der Waals surface area contributed by atoms with Crippen LogP contribution in [0, 0.1) is 5.82 Å². The number of hydrogen-bond donors (Lipinski definition) is 1. The highest BCUT2D eigenvalue weighted by molar-refractivity contribution is 5.43. The molecule has 5 heteroatoms. The van der Waals surface area contributed by atoms with Gasteiger partial charge < -0.3 is 15.2 Å². The molecule has 1 atom stereocenters. The Bertz CT molecular complexity index is 603. The number of methoxy groups -OCH3 is 1. The maximum absolute atomic E-state index is 13.1. The van der Waals surface area contributed by atoms with E-state index >= 15 is 0 Å². The molecule has 112 valence electrons. The van der Waals surface area contributed by atoms with E-state index in [4.69, 9.17) is 15.2 Å². The summed E-state index contributed by atoms with van der Waals surface area (Å²) in [7, 11) is 1.58. The van der Waals surface area contributed by atoms with E-state index in [1.54, 1.807) is 13.3 Å². The molecule has 2 N–H and O–H groups in total. The van der Waals surface area contributed by atoms with Crippen LogP contribution < -0.4 is 15.2 Å². The number of ether oxygens (including phenoxy) is 2. The van der Waals surface area contributed by atoms with Gasteiger partial charge in [0, 0.05) is 17.8 Å². The van der Waals surface area contributed by atoms with Crippen LogP contribution in [0.3, 0.4) is 0 Å². The lowest BCUT2D eigenvalue weighted by atomic mass is 10.1. The molecule has 0 aliphatic rings. The maximum atomic E-state index is 13.1. The molecule has 1 aromatic carbocycles. The van der Waals surface area contributed by atoms with Crippen LogP contribution in [0.25, 0.3) is 0 Å². The lowest BCUT2D eigenvalue weighted by Gasteiger charge is -2.13. The van der Waals surface area contributed by atoms with Crippen molar-refractivity contribution in [1.29, 1.82) is 0 Å². The van der Waals surface area contributed by atoms with Crippen molar-refractivity contribution in [2.24, 2.45) is 5.73 Å². The Kier molecular flexibility index (Phi) is 5.11. The first-order valence-corrected chi connectivity index (χ1v) is 6.73. The van der Waals surface area contributed by atoms with E-state index in [0.29, 0.717) is 17.1 Å². The van der Waals surface area contributed by atoms with E-state index in [2.05, 4.69) is 4.98 Å². The molecular weight excluding hydrogens is 271 g/mol. The third kappa shape index (κ3) is 4.43. The van der Waals surface area contributed by atoms with Crippen molar-refractivity contribution in [1.82, 2.24) is 4.98 Å². The summed E-state index contributed by atoms with van der Waals surface area (Å²) in [6, 6.07) is 7.16. The highest BCUT2D eigenvalue weighted by Gasteiger charge is 2.08. The van der Waals surface area contributed by atoms with Crippen molar-refractivity contribution in [2.75, 3.05) is 7.11 Å². The minimum Gasteiger partial charge on any atom is -0.493 e. The average Bonchev–Trinajstić information content (AvgIpc) is 2.45. The second-order valence-corrected chi connectivity index (χ2v) is 4.97. The molecule has 2 rings (SSSR count). The second-order valence-electron chi connectivity index (χ2n) is 4.97. The number of nitrogens with zero attached hydrogens (tertiary/aromatic N) is 1. The Balaban J connectivity index is 2.13. The molecule has 21 heavy (non-hydrogen) atoms. The molecule has 0 saturated carbocycles. The molecule has 1 unspecified atom stereocenters. The molecule has 0 aliphatic carbocycles. The fraction of sp³-hybridized carbons (Fsp3) is 0.312. The Morgan fingerprint density at radius 3 is 2.67 bits per heavy atom. The molecule has 0 amide bonds. The first-order chi connectivity index (χ1) is 10.1. The Hall–Kier alpha value is -2.14. The van der Waals surface area contributed by atoms with E-state index in [1.807, 2.05) is 25.1 Å². The molecule has 0 saturated heterocycles. The number of aromatic nitrogens is 1. The van der Waals surface area contributed by atoms with E-state index in [1.165, 1.54) is 6.07 Å². The van der Waals surface area contributed by atoms with Crippen LogP contribution in [0.5, 0.6) is 11.5 Å². The summed E-state index contributed by atoms with van der Waals surface area (Å²) in [6.07, 6.45) is 3.48. The molecule has 4 nitrogen and oxygen atoms in total. The van der Waals surface area contributed by atoms with Crippen molar-refractivity contribution in [3.63, 3.8) is 0 Å². The third-order valence-electron chi connectivity index (χ3n) is 2.94. The van der Waals surface area contributed by atoms with Crippen molar-refractivity contribution < 1.29 is 13.9 Å². The van der Waals surface area contributed by atoms with Crippen LogP contribution in [0.15, 0.2) is 36.7 Å². The standard InChI is InChI=1S/C16H19FN2O2/c1-11(18)5-12-3-4-15(20-2)16(7-12)21-10-13-6-14(17)9-19-8-13/h3-4,6-9,11H,5,10,18H2,1-2H3. The summed E-state index contributed by atoms with van der Waals surface area (Å²) in [5.74, 6) is 0.862. The lowest BCUT2D eigenvalue weighted by molar-refractivity contribution is 0.283. The number of benzene rings is 1. The summed E-state index contributed by atoms with van der Waals surface area (Å²) in [5, 5.41) is 0. The Morgan fingerprint density at radius 2 is 2.00 bits per heavy atom. The van der Waals surface area contributed by atoms with Gasteiger partial charge in [-0.15, -0.1) is 0 Å². The van der Waals surface area contributed by atoms with Crippen LogP contribution in [-0.4, -0.2) is 18.1 Å². The second kappa shape index (κ2) is 7.04. The van der Waals surface area contributed by atoms with Gasteiger partial charge in [-0.3, -0.25) is 4.98 Å². The lowest BCUT2D eigenvalue weighted by Crippen LogP contribution is -2.17. The first kappa shape index (κ1) is 15.3. The van der Waals surface area contributed by atoms with Gasteiger partial charge in [-0.2, -0.15) is 0 Å². The van der Waals surface area contributed by atoms with Gasteiger partial charge in [0.1, 0.15) is 12.4 Å². The Labute approximate surface area is 123 Å². The number of nitrogens with two attached hydrogens (primary N) is 1. The average molecular weight is 290 g/mol. The molecule has 1 heterocycles. The van der Waals surface area contributed by atoms with E-state index in [9.17, 15) is 4.39 Å². The van der Waals surface area contributed by atoms with Crippen LogP contribution in [-0.2, 0) is 13.0 Å². The normalized spacial score (nSPS) is 12.0. The number of hydrogen-bond acceptors (Lipinski definition) is 4. The number of rotatable bonds is 6. The van der Waals surface area contributed by atoms with E-state index in [0.717, 1.165) is 18.2 Å². The molecule has 2 aromatic rings. The van der Waals surface area contributed by atoms with Gasteiger partial charge in [-0.1, -0.05) is 6.07 Å². The molecule has 0 radical (unpaired) electrons. The molecular formula is C16H19FN2O2. The minimum atomic E-state index is -0.381. The fourth-order valence-corrected chi connectivity index (χ4v) is 2.03. The van der Waals surface area contributed by atoms with Gasteiger partial charge in [0.05, 0.1) is 13.3 Å². The highest BCUT2D eigenvalue weighted by atomic mass is 19.1. The van der Waals surface area contributed by atoms with Gasteiger partial charge >= 0.3 is 0 Å². The maximum Gasteiger partial charge on any atom is 0.161 e. The summed E-state index contributed by atoms with van der Waals surface area (Å²) in [6.45, 7) is 2.17. The van der Waals surface area contributed by atoms with Crippen LogP contribution in [0.4, 0.5) is 4.39 Å². The monoisotopic (exact) mass is 290 g/mol. The predicted octanol–water partition coefficient (Wildman–Crippen LogP) is 2.70. The molecule has 0 aliphatic heterocycles. The quantitative estimate of drug-likeness (QED) is 0.888. The third-order valence-corrected chi connectivity index (χ3v) is 2.94. The first-order valence-electron chi connectivity index (χ1n) is 6.73. The van der Waals surface area contributed by atoms with Gasteiger partial charge in [0.15, 0.2) is 11.5 Å². The zero-order chi connectivity index (χ0) is 15.2. The van der Waals surface area contributed by atoms with Gasteiger partial charge in [0.2, 0.25) is 0 Å². The van der Waals surface area contributed by atoms with Crippen LogP contribution in [0.2, 0.25) is 0 Å². The summed E-state index contributed by atoms with van der Waals surface area (Å²) in [4.78, 5) is 3.79. The summed E-state index contributed by atoms with van der Waals surface area (Å²) in [5.41, 5.74) is 7.53. The van der Waals surface area contributed by atoms with E-state index in [-0.39, 0.29) is 18.5 Å². The fourth-order valence-electron chi connectivity index (χ4n) is 2.03. The zero-order valence-corrected chi connectivity index (χ0v) is 12.2. The largest absolute Gasteiger partial charge is 0.493 e. The van der Waals surface area contributed by atoms with Gasteiger partial charge in [-0.25, -0.2) is 4.39 Å². The Morgan fingerprint density at radius 1 is 1.19 bits per heavy atom. The molecule has 0 spiro atoms. The highest BCUT2D eigenvalue weighted by Crippen LogP contribution is 2.29. The van der Waals surface area contributed by atoms with E-state index < -0.39 is 0 Å². The molecule has 1 aromatic heterocycles. The molecule has 0 bridgehead atoms. The SMILES string of the molecule is COc1ccc(CC(C)N)cc1OCc1cncc(F)c1. The minimum absolute atomic E-state index is 0.0682. The summed E-state index contributed by atoms with van der Waals surface area (Å²) < 4.78 is 24.1. The zero-order valence-electron chi connectivity index (χ0n) is 12.2. The number of pyridine rings is 1. The van der Waals surface area contributed by atoms with Crippen molar-refractivity contribution in [2.45, 2.75) is 26.0 Å². The number of halogens is 1. The summed E-state index contributed by atoms with van der Waals surface area (Å²) >= 11 is 0. The van der Waals surface area contributed by atoms with Crippen molar-refractivity contribution >= 4 is 0 Å². The van der Waals surface area contributed by atoms with Gasteiger partial charge in [-0.05, 0) is 37.1 Å². The van der Waals surface area contributed by atoms with Crippen LogP contribution in [0.1, 0.15) is 18.1 Å². The van der Waals surface area contributed by atoms with Crippen molar-refractivity contribution in [3.05, 3.63) is 53.6 Å². The predicted molar refractivity (Wildman–Crippen MR) is 78.9 cm³/mol. The van der Waals surface area contributed by atoms with Crippen LogP contribution >= 0.6 is 0 Å². The topological polar surface area (TPSA) is 57.4 Å².